The van der Waals surface area contributed by atoms with Crippen LogP contribution in [0.5, 0.6) is 0 Å². The minimum Gasteiger partial charge on any atom is -0.481 e. The van der Waals surface area contributed by atoms with Gasteiger partial charge in [0.2, 0.25) is 23.6 Å². The summed E-state index contributed by atoms with van der Waals surface area (Å²) in [5, 5.41) is 33.8. The van der Waals surface area contributed by atoms with E-state index in [0.29, 0.717) is 19.4 Å². The number of carboxylic acid groups (broad SMARTS) is 2. The standard InChI is InChI=1S/C18H32N6O9/c1-8(25)14(18(32)33)24-17(31)11(7-13(27)28)23-16(30)10(6-12(21)26)22-15(29)9(20)4-2-3-5-19/h8-11,14,25H,2-7,19-20H2,1H3,(H2,21,26)(H,22,29)(H,23,30)(H,24,31)(H,27,28)(H,32,33). The number of aliphatic carboxylic acids is 2. The molecular weight excluding hydrogens is 444 g/mol. The van der Waals surface area contributed by atoms with Crippen molar-refractivity contribution in [2.75, 3.05) is 6.54 Å². The molecule has 33 heavy (non-hydrogen) atoms. The van der Waals surface area contributed by atoms with E-state index in [1.54, 1.807) is 0 Å². The second kappa shape index (κ2) is 14.7. The first kappa shape index (κ1) is 29.7. The van der Waals surface area contributed by atoms with Crippen molar-refractivity contribution in [2.45, 2.75) is 69.3 Å². The summed E-state index contributed by atoms with van der Waals surface area (Å²) in [5.41, 5.74) is 16.2. The Hall–Kier alpha value is -3.30. The molecule has 0 heterocycles. The zero-order valence-corrected chi connectivity index (χ0v) is 18.2. The van der Waals surface area contributed by atoms with Crippen molar-refractivity contribution in [3.63, 3.8) is 0 Å². The summed E-state index contributed by atoms with van der Waals surface area (Å²) in [6.07, 6.45) is -1.78. The Morgan fingerprint density at radius 1 is 0.848 bits per heavy atom. The zero-order chi connectivity index (χ0) is 25.7. The van der Waals surface area contributed by atoms with Crippen LogP contribution in [-0.2, 0) is 28.8 Å². The van der Waals surface area contributed by atoms with Crippen LogP contribution in [-0.4, -0.2) is 87.7 Å². The van der Waals surface area contributed by atoms with Gasteiger partial charge in [0.1, 0.15) is 12.1 Å². The van der Waals surface area contributed by atoms with E-state index >= 15 is 0 Å². The number of carbonyl (C=O) groups is 6. The van der Waals surface area contributed by atoms with E-state index in [2.05, 4.69) is 5.32 Å². The maximum Gasteiger partial charge on any atom is 0.328 e. The third-order valence-corrected chi connectivity index (χ3v) is 4.40. The summed E-state index contributed by atoms with van der Waals surface area (Å²) in [6, 6.07) is -6.17. The minimum atomic E-state index is -1.79. The molecule has 0 saturated heterocycles. The largest absolute Gasteiger partial charge is 0.481 e. The number of primary amides is 1. The molecule has 0 saturated carbocycles. The SMILES string of the molecule is CC(O)C(NC(=O)C(CC(=O)O)NC(=O)C(CC(N)=O)NC(=O)C(N)CCCCN)C(=O)O. The number of hydrogen-bond donors (Lipinski definition) is 9. The molecule has 0 aliphatic rings. The van der Waals surface area contributed by atoms with Crippen LogP contribution >= 0.6 is 0 Å². The number of unbranched alkanes of at least 4 members (excludes halogenated alkanes) is 1. The first-order valence-corrected chi connectivity index (χ1v) is 10.1. The van der Waals surface area contributed by atoms with Gasteiger partial charge in [-0.1, -0.05) is 6.42 Å². The van der Waals surface area contributed by atoms with Crippen molar-refractivity contribution >= 4 is 35.6 Å². The van der Waals surface area contributed by atoms with E-state index in [4.69, 9.17) is 27.4 Å². The molecule has 0 bridgehead atoms. The molecule has 0 radical (unpaired) electrons. The Bertz CT molecular complexity index is 730. The quantitative estimate of drug-likeness (QED) is 0.0960. The molecular formula is C18H32N6O9. The van der Waals surface area contributed by atoms with Crippen LogP contribution in [0.25, 0.3) is 0 Å². The topological polar surface area (TPSA) is 277 Å². The summed E-state index contributed by atoms with van der Waals surface area (Å²) >= 11 is 0. The fourth-order valence-electron chi connectivity index (χ4n) is 2.63. The summed E-state index contributed by atoms with van der Waals surface area (Å²) in [4.78, 5) is 70.9. The van der Waals surface area contributed by atoms with Crippen LogP contribution in [0.15, 0.2) is 0 Å². The summed E-state index contributed by atoms with van der Waals surface area (Å²) in [5.74, 6) is -7.22. The van der Waals surface area contributed by atoms with Gasteiger partial charge < -0.3 is 48.5 Å². The molecule has 15 heteroatoms. The van der Waals surface area contributed by atoms with Crippen LogP contribution in [0.1, 0.15) is 39.0 Å². The summed E-state index contributed by atoms with van der Waals surface area (Å²) < 4.78 is 0. The first-order chi connectivity index (χ1) is 15.3. The lowest BCUT2D eigenvalue weighted by atomic mass is 10.1. The van der Waals surface area contributed by atoms with Crippen LogP contribution in [0.4, 0.5) is 0 Å². The number of carbonyl (C=O) groups excluding carboxylic acids is 4. The van der Waals surface area contributed by atoms with Gasteiger partial charge in [0, 0.05) is 0 Å². The van der Waals surface area contributed by atoms with E-state index in [1.807, 2.05) is 10.6 Å². The highest BCUT2D eigenvalue weighted by molar-refractivity contribution is 5.97. The lowest BCUT2D eigenvalue weighted by Crippen LogP contribution is -2.59. The predicted octanol–water partition coefficient (Wildman–Crippen LogP) is -4.29. The number of rotatable bonds is 16. The lowest BCUT2D eigenvalue weighted by molar-refractivity contribution is -0.146. The van der Waals surface area contributed by atoms with E-state index in [-0.39, 0.29) is 6.42 Å². The summed E-state index contributed by atoms with van der Waals surface area (Å²) in [7, 11) is 0. The molecule has 188 valence electrons. The zero-order valence-electron chi connectivity index (χ0n) is 18.2. The number of nitrogens with two attached hydrogens (primary N) is 3. The predicted molar refractivity (Wildman–Crippen MR) is 112 cm³/mol. The van der Waals surface area contributed by atoms with Crippen LogP contribution < -0.4 is 33.2 Å². The van der Waals surface area contributed by atoms with E-state index < -0.39 is 78.7 Å². The van der Waals surface area contributed by atoms with Gasteiger partial charge in [0.05, 0.1) is 25.0 Å². The molecule has 0 fully saturated rings. The minimum absolute atomic E-state index is 0.244. The Kier molecular flexibility index (Phi) is 13.2. The first-order valence-electron chi connectivity index (χ1n) is 10.1. The molecule has 0 aromatic heterocycles. The van der Waals surface area contributed by atoms with Gasteiger partial charge in [-0.15, -0.1) is 0 Å². The second-order valence-electron chi connectivity index (χ2n) is 7.35. The maximum atomic E-state index is 12.6. The number of aliphatic hydroxyl groups excluding tert-OH is 1. The van der Waals surface area contributed by atoms with E-state index in [0.717, 1.165) is 6.92 Å². The Balaban J connectivity index is 5.45. The number of amides is 4. The average Bonchev–Trinajstić information content (AvgIpc) is 2.69. The van der Waals surface area contributed by atoms with Crippen molar-refractivity contribution in [1.29, 1.82) is 0 Å². The van der Waals surface area contributed by atoms with E-state index in [1.165, 1.54) is 0 Å². The van der Waals surface area contributed by atoms with Crippen molar-refractivity contribution < 1.29 is 44.1 Å². The highest BCUT2D eigenvalue weighted by atomic mass is 16.4. The molecule has 0 aliphatic carbocycles. The van der Waals surface area contributed by atoms with Crippen LogP contribution in [0.2, 0.25) is 0 Å². The molecule has 0 spiro atoms. The normalized spacial score (nSPS) is 15.3. The van der Waals surface area contributed by atoms with Gasteiger partial charge in [-0.2, -0.15) is 0 Å². The number of nitrogens with one attached hydrogen (secondary N) is 3. The highest BCUT2D eigenvalue weighted by Gasteiger charge is 2.33. The molecule has 12 N–H and O–H groups in total. The monoisotopic (exact) mass is 476 g/mol. The number of aliphatic hydroxyl groups is 1. The smallest absolute Gasteiger partial charge is 0.328 e. The van der Waals surface area contributed by atoms with Crippen molar-refractivity contribution in [3.05, 3.63) is 0 Å². The van der Waals surface area contributed by atoms with Crippen molar-refractivity contribution in [2.24, 2.45) is 17.2 Å². The van der Waals surface area contributed by atoms with Crippen LogP contribution in [0, 0.1) is 0 Å². The lowest BCUT2D eigenvalue weighted by Gasteiger charge is -2.24. The molecule has 0 aromatic carbocycles. The van der Waals surface area contributed by atoms with Crippen LogP contribution in [0.3, 0.4) is 0 Å². The van der Waals surface area contributed by atoms with Gasteiger partial charge in [0.15, 0.2) is 6.04 Å². The van der Waals surface area contributed by atoms with Crippen molar-refractivity contribution in [3.8, 4) is 0 Å². The average molecular weight is 476 g/mol. The molecule has 15 nitrogen and oxygen atoms in total. The van der Waals surface area contributed by atoms with Gasteiger partial charge in [-0.05, 0) is 26.3 Å². The van der Waals surface area contributed by atoms with Crippen molar-refractivity contribution in [1.82, 2.24) is 16.0 Å². The van der Waals surface area contributed by atoms with Gasteiger partial charge in [-0.25, -0.2) is 4.79 Å². The third-order valence-electron chi connectivity index (χ3n) is 4.40. The highest BCUT2D eigenvalue weighted by Crippen LogP contribution is 2.03. The van der Waals surface area contributed by atoms with Gasteiger partial charge >= 0.3 is 11.9 Å². The molecule has 5 unspecified atom stereocenters. The molecule has 0 rings (SSSR count). The fourth-order valence-corrected chi connectivity index (χ4v) is 2.63. The van der Waals surface area contributed by atoms with Gasteiger partial charge in [-0.3, -0.25) is 24.0 Å². The molecule has 0 aliphatic heterocycles. The number of carboxylic acids is 2. The maximum absolute atomic E-state index is 12.6. The molecule has 0 aromatic rings. The molecule has 5 atom stereocenters. The number of hydrogen-bond acceptors (Lipinski definition) is 9. The third kappa shape index (κ3) is 11.8. The Morgan fingerprint density at radius 2 is 1.36 bits per heavy atom. The Morgan fingerprint density at radius 3 is 1.82 bits per heavy atom. The fraction of sp³-hybridized carbons (Fsp3) is 0.667. The van der Waals surface area contributed by atoms with Gasteiger partial charge in [0.25, 0.3) is 0 Å². The Labute approximate surface area is 189 Å². The van der Waals surface area contributed by atoms with E-state index in [9.17, 15) is 33.9 Å². The molecule has 4 amide bonds. The second-order valence-corrected chi connectivity index (χ2v) is 7.35. The summed E-state index contributed by atoms with van der Waals surface area (Å²) in [6.45, 7) is 1.48.